The molecular weight excluding hydrogens is 346 g/mol. The van der Waals surface area contributed by atoms with Gasteiger partial charge in [-0.1, -0.05) is 5.16 Å². The molecule has 2 rings (SSSR count). The van der Waals surface area contributed by atoms with Crippen LogP contribution in [0.1, 0.15) is 11.1 Å². The summed E-state index contributed by atoms with van der Waals surface area (Å²) in [5.74, 6) is -0.696. The molecule has 0 unspecified atom stereocenters. The molecule has 110 valence electrons. The van der Waals surface area contributed by atoms with Crippen molar-refractivity contribution in [1.29, 1.82) is 0 Å². The number of nitrogens with zero attached hydrogens (tertiary/aromatic N) is 1. The molecule has 0 saturated heterocycles. The van der Waals surface area contributed by atoms with Crippen molar-refractivity contribution in [3.63, 3.8) is 0 Å². The summed E-state index contributed by atoms with van der Waals surface area (Å²) in [6, 6.07) is 8.15. The normalized spacial score (nSPS) is 11.5. The van der Waals surface area contributed by atoms with Crippen molar-refractivity contribution in [2.24, 2.45) is 10.9 Å². The summed E-state index contributed by atoms with van der Waals surface area (Å²) in [4.78, 5) is 0. The van der Waals surface area contributed by atoms with Gasteiger partial charge in [0.15, 0.2) is 5.84 Å². The van der Waals surface area contributed by atoms with Gasteiger partial charge in [-0.2, -0.15) is 0 Å². The fourth-order valence-corrected chi connectivity index (χ4v) is 2.03. The maximum absolute atomic E-state index is 13.5. The SMILES string of the molecule is N/C(=N/O)c1cc(F)cc(COc2ccc(F)c(Br)c2)c1. The first-order valence-electron chi connectivity index (χ1n) is 5.85. The molecule has 3 N–H and O–H groups in total. The zero-order valence-electron chi connectivity index (χ0n) is 10.7. The molecule has 0 aliphatic carbocycles. The Bertz CT molecular complexity index is 693. The number of oxime groups is 1. The van der Waals surface area contributed by atoms with Gasteiger partial charge < -0.3 is 15.7 Å². The van der Waals surface area contributed by atoms with Crippen LogP contribution >= 0.6 is 15.9 Å². The first-order valence-corrected chi connectivity index (χ1v) is 6.64. The van der Waals surface area contributed by atoms with Gasteiger partial charge in [-0.05, 0) is 57.9 Å². The number of nitrogens with two attached hydrogens (primary N) is 1. The lowest BCUT2D eigenvalue weighted by atomic mass is 10.1. The number of benzene rings is 2. The molecule has 0 aliphatic rings. The molecule has 0 heterocycles. The summed E-state index contributed by atoms with van der Waals surface area (Å²) in [5, 5.41) is 11.4. The summed E-state index contributed by atoms with van der Waals surface area (Å²) in [7, 11) is 0. The minimum Gasteiger partial charge on any atom is -0.489 e. The van der Waals surface area contributed by atoms with E-state index in [2.05, 4.69) is 21.1 Å². The standard InChI is InChI=1S/C14H11BrF2N2O2/c15-12-6-11(1-2-13(12)17)21-7-8-3-9(14(18)19-20)5-10(16)4-8/h1-6,20H,7H2,(H2,18,19). The number of amidine groups is 1. The predicted octanol–water partition coefficient (Wildman–Crippen LogP) is 3.40. The predicted molar refractivity (Wildman–Crippen MR) is 77.3 cm³/mol. The molecule has 7 heteroatoms. The van der Waals surface area contributed by atoms with Gasteiger partial charge >= 0.3 is 0 Å². The van der Waals surface area contributed by atoms with E-state index in [0.717, 1.165) is 6.07 Å². The summed E-state index contributed by atoms with van der Waals surface area (Å²) in [5.41, 5.74) is 6.16. The van der Waals surface area contributed by atoms with E-state index in [9.17, 15) is 8.78 Å². The molecule has 0 radical (unpaired) electrons. The molecule has 0 spiro atoms. The lowest BCUT2D eigenvalue weighted by Gasteiger charge is -2.09. The highest BCUT2D eigenvalue weighted by Crippen LogP contribution is 2.22. The van der Waals surface area contributed by atoms with Crippen LogP contribution < -0.4 is 10.5 Å². The topological polar surface area (TPSA) is 67.8 Å². The van der Waals surface area contributed by atoms with Gasteiger partial charge in [0.1, 0.15) is 24.0 Å². The maximum atomic E-state index is 13.5. The third-order valence-corrected chi connectivity index (χ3v) is 3.27. The fourth-order valence-electron chi connectivity index (χ4n) is 1.67. The summed E-state index contributed by atoms with van der Waals surface area (Å²) in [6.45, 7) is 0.0571. The first-order chi connectivity index (χ1) is 9.99. The van der Waals surface area contributed by atoms with Crippen LogP contribution in [0, 0.1) is 11.6 Å². The lowest BCUT2D eigenvalue weighted by Crippen LogP contribution is -2.14. The number of hydrogen-bond acceptors (Lipinski definition) is 3. The third kappa shape index (κ3) is 3.91. The average molecular weight is 357 g/mol. The molecule has 2 aromatic rings. The highest BCUT2D eigenvalue weighted by molar-refractivity contribution is 9.10. The van der Waals surface area contributed by atoms with Crippen molar-refractivity contribution in [3.8, 4) is 5.75 Å². The molecule has 0 amide bonds. The van der Waals surface area contributed by atoms with Gasteiger partial charge in [-0.3, -0.25) is 0 Å². The number of rotatable bonds is 4. The molecular formula is C14H11BrF2N2O2. The van der Waals surface area contributed by atoms with Crippen LogP contribution in [0.4, 0.5) is 8.78 Å². The van der Waals surface area contributed by atoms with E-state index < -0.39 is 11.6 Å². The first kappa shape index (κ1) is 15.2. The van der Waals surface area contributed by atoms with Gasteiger partial charge in [-0.25, -0.2) is 8.78 Å². The van der Waals surface area contributed by atoms with Crippen molar-refractivity contribution in [2.75, 3.05) is 0 Å². The Morgan fingerprint density at radius 1 is 1.24 bits per heavy atom. The smallest absolute Gasteiger partial charge is 0.170 e. The second kappa shape index (κ2) is 6.53. The number of hydrogen-bond donors (Lipinski definition) is 2. The average Bonchev–Trinajstić information content (AvgIpc) is 2.47. The largest absolute Gasteiger partial charge is 0.489 e. The summed E-state index contributed by atoms with van der Waals surface area (Å²) < 4.78 is 32.3. The van der Waals surface area contributed by atoms with Crippen LogP contribution in [0.2, 0.25) is 0 Å². The van der Waals surface area contributed by atoms with E-state index in [-0.39, 0.29) is 22.5 Å². The van der Waals surface area contributed by atoms with E-state index in [1.807, 2.05) is 0 Å². The van der Waals surface area contributed by atoms with Crippen molar-refractivity contribution in [2.45, 2.75) is 6.61 Å². The fraction of sp³-hybridized carbons (Fsp3) is 0.0714. The van der Waals surface area contributed by atoms with Gasteiger partial charge in [0.2, 0.25) is 0 Å². The second-order valence-corrected chi connectivity index (χ2v) is 5.05. The highest BCUT2D eigenvalue weighted by atomic mass is 79.9. The molecule has 0 aliphatic heterocycles. The Hall–Kier alpha value is -2.15. The van der Waals surface area contributed by atoms with E-state index >= 15 is 0 Å². The van der Waals surface area contributed by atoms with Crippen LogP contribution in [0.25, 0.3) is 0 Å². The van der Waals surface area contributed by atoms with Gasteiger partial charge in [0, 0.05) is 5.56 Å². The van der Waals surface area contributed by atoms with E-state index in [1.54, 1.807) is 0 Å². The monoisotopic (exact) mass is 356 g/mol. The van der Waals surface area contributed by atoms with Crippen molar-refractivity contribution >= 4 is 21.8 Å². The molecule has 0 saturated carbocycles. The van der Waals surface area contributed by atoms with Crippen LogP contribution in [-0.2, 0) is 6.61 Å². The Morgan fingerprint density at radius 2 is 2.00 bits per heavy atom. The Labute approximate surface area is 128 Å². The van der Waals surface area contributed by atoms with Crippen LogP contribution in [0.15, 0.2) is 46.0 Å². The molecule has 4 nitrogen and oxygen atoms in total. The number of ether oxygens (including phenoxy) is 1. The van der Waals surface area contributed by atoms with E-state index in [0.29, 0.717) is 11.3 Å². The van der Waals surface area contributed by atoms with Crippen molar-refractivity contribution in [1.82, 2.24) is 0 Å². The van der Waals surface area contributed by atoms with Gasteiger partial charge in [0.25, 0.3) is 0 Å². The summed E-state index contributed by atoms with van der Waals surface area (Å²) >= 11 is 3.05. The lowest BCUT2D eigenvalue weighted by molar-refractivity contribution is 0.304. The minimum absolute atomic E-state index is 0.0571. The molecule has 0 aromatic heterocycles. The van der Waals surface area contributed by atoms with Gasteiger partial charge in [0.05, 0.1) is 4.47 Å². The van der Waals surface area contributed by atoms with E-state index in [4.69, 9.17) is 15.7 Å². The highest BCUT2D eigenvalue weighted by Gasteiger charge is 2.06. The Balaban J connectivity index is 2.16. The van der Waals surface area contributed by atoms with Crippen molar-refractivity contribution < 1.29 is 18.7 Å². The van der Waals surface area contributed by atoms with Crippen molar-refractivity contribution in [3.05, 3.63) is 63.6 Å². The Kier molecular flexibility index (Phi) is 4.74. The molecule has 0 bridgehead atoms. The minimum atomic E-state index is -0.530. The zero-order valence-corrected chi connectivity index (χ0v) is 12.3. The third-order valence-electron chi connectivity index (χ3n) is 2.66. The molecule has 21 heavy (non-hydrogen) atoms. The molecule has 0 fully saturated rings. The number of halogens is 3. The van der Waals surface area contributed by atoms with E-state index in [1.165, 1.54) is 30.3 Å². The molecule has 0 atom stereocenters. The maximum Gasteiger partial charge on any atom is 0.170 e. The Morgan fingerprint density at radius 3 is 2.67 bits per heavy atom. The van der Waals surface area contributed by atoms with Crippen LogP contribution in [0.5, 0.6) is 5.75 Å². The molecule has 2 aromatic carbocycles. The second-order valence-electron chi connectivity index (χ2n) is 4.20. The quantitative estimate of drug-likeness (QED) is 0.381. The van der Waals surface area contributed by atoms with Crippen LogP contribution in [-0.4, -0.2) is 11.0 Å². The van der Waals surface area contributed by atoms with Gasteiger partial charge in [-0.15, -0.1) is 0 Å². The van der Waals surface area contributed by atoms with Crippen LogP contribution in [0.3, 0.4) is 0 Å². The summed E-state index contributed by atoms with van der Waals surface area (Å²) in [6.07, 6.45) is 0. The zero-order chi connectivity index (χ0) is 15.4.